The van der Waals surface area contributed by atoms with Crippen LogP contribution in [0, 0.1) is 0 Å². The van der Waals surface area contributed by atoms with E-state index in [9.17, 15) is 14.4 Å². The van der Waals surface area contributed by atoms with Gasteiger partial charge in [-0.2, -0.15) is 0 Å². The predicted octanol–water partition coefficient (Wildman–Crippen LogP) is 3.33. The Hall–Kier alpha value is -2.77. The van der Waals surface area contributed by atoms with Gasteiger partial charge in [0.05, 0.1) is 32.2 Å². The molecule has 1 atom stereocenters. The second-order valence-corrected chi connectivity index (χ2v) is 9.51. The molecule has 1 saturated carbocycles. The summed E-state index contributed by atoms with van der Waals surface area (Å²) in [6.45, 7) is 9.38. The second-order valence-electron chi connectivity index (χ2n) is 9.51. The van der Waals surface area contributed by atoms with Gasteiger partial charge in [0.15, 0.2) is 5.78 Å². The first kappa shape index (κ1) is 24.4. The van der Waals surface area contributed by atoms with Crippen LogP contribution in [-0.4, -0.2) is 72.8 Å². The molecule has 2 aliphatic heterocycles. The van der Waals surface area contributed by atoms with Crippen molar-refractivity contribution in [1.29, 1.82) is 0 Å². The molecule has 7 heteroatoms. The number of morpholine rings is 1. The molecule has 1 aliphatic carbocycles. The molecule has 0 unspecified atom stereocenters. The Bertz CT molecular complexity index is 1010. The van der Waals surface area contributed by atoms with Gasteiger partial charge in [-0.3, -0.25) is 19.3 Å². The number of carbonyl (C=O) groups is 3. The van der Waals surface area contributed by atoms with Crippen LogP contribution >= 0.6 is 0 Å². The number of allylic oxidation sites excluding steroid dienone is 2. The van der Waals surface area contributed by atoms with Crippen LogP contribution in [0.15, 0.2) is 41.5 Å². The summed E-state index contributed by atoms with van der Waals surface area (Å²) in [5.74, 6) is 0.343. The van der Waals surface area contributed by atoms with Gasteiger partial charge < -0.3 is 14.4 Å². The second kappa shape index (κ2) is 11.1. The van der Waals surface area contributed by atoms with Crippen LogP contribution < -0.4 is 4.74 Å². The lowest BCUT2D eigenvalue weighted by Crippen LogP contribution is -2.41. The van der Waals surface area contributed by atoms with Gasteiger partial charge in [-0.05, 0) is 44.4 Å². The van der Waals surface area contributed by atoms with E-state index in [0.29, 0.717) is 43.7 Å². The van der Waals surface area contributed by atoms with E-state index in [1.807, 2.05) is 19.1 Å². The van der Waals surface area contributed by atoms with Crippen molar-refractivity contribution in [3.63, 3.8) is 0 Å². The summed E-state index contributed by atoms with van der Waals surface area (Å²) in [5, 5.41) is 0. The fourth-order valence-electron chi connectivity index (χ4n) is 4.79. The van der Waals surface area contributed by atoms with Gasteiger partial charge in [0, 0.05) is 37.2 Å². The first-order valence-corrected chi connectivity index (χ1v) is 12.2. The number of ketones is 2. The van der Waals surface area contributed by atoms with Crippen molar-refractivity contribution in [2.45, 2.75) is 52.1 Å². The number of amides is 1. The molecule has 0 spiro atoms. The molecule has 0 radical (unpaired) electrons. The largest absolute Gasteiger partial charge is 0.489 e. The lowest BCUT2D eigenvalue weighted by molar-refractivity contribution is -0.128. The number of hydrogen-bond acceptors (Lipinski definition) is 6. The number of Topliss-reactive ketones (excluding diaryl/α,β-unsaturated/α-hetero) is 2. The van der Waals surface area contributed by atoms with E-state index in [0.717, 1.165) is 44.0 Å². The summed E-state index contributed by atoms with van der Waals surface area (Å²) >= 11 is 0. The van der Waals surface area contributed by atoms with Crippen LogP contribution in [0.3, 0.4) is 0 Å². The molecule has 1 aromatic rings. The summed E-state index contributed by atoms with van der Waals surface area (Å²) in [5.41, 5.74) is 3.78. The molecule has 2 heterocycles. The highest BCUT2D eigenvalue weighted by Gasteiger charge is 2.38. The van der Waals surface area contributed by atoms with E-state index in [1.54, 1.807) is 11.0 Å². The maximum absolute atomic E-state index is 13.1. The number of carbonyl (C=O) groups excluding carboxylic acids is 3. The monoisotopic (exact) mass is 466 g/mol. The summed E-state index contributed by atoms with van der Waals surface area (Å²) < 4.78 is 11.5. The van der Waals surface area contributed by atoms with Crippen LogP contribution in [0.2, 0.25) is 0 Å². The van der Waals surface area contributed by atoms with E-state index in [4.69, 9.17) is 9.47 Å². The molecule has 0 aromatic heterocycles. The molecule has 4 rings (SSSR count). The smallest absolute Gasteiger partial charge is 0.255 e. The third-order valence-corrected chi connectivity index (χ3v) is 6.69. The van der Waals surface area contributed by atoms with Gasteiger partial charge in [0.1, 0.15) is 18.1 Å². The highest BCUT2D eigenvalue weighted by molar-refractivity contribution is 6.06. The zero-order valence-corrected chi connectivity index (χ0v) is 20.2. The van der Waals surface area contributed by atoms with Crippen LogP contribution in [0.25, 0.3) is 0 Å². The molecule has 1 amide bonds. The lowest BCUT2D eigenvalue weighted by Gasteiger charge is -2.26. The van der Waals surface area contributed by atoms with Crippen molar-refractivity contribution in [3.8, 4) is 5.75 Å². The molecule has 0 N–H and O–H groups in total. The minimum absolute atomic E-state index is 0.0304. The maximum atomic E-state index is 13.1. The van der Waals surface area contributed by atoms with Gasteiger partial charge in [0.25, 0.3) is 5.91 Å². The molecule has 34 heavy (non-hydrogen) atoms. The number of fused-ring (bicyclic) bond motifs is 1. The molecule has 182 valence electrons. The van der Waals surface area contributed by atoms with E-state index < -0.39 is 6.04 Å². The average molecular weight is 467 g/mol. The normalized spacial score (nSPS) is 22.7. The molecule has 3 aliphatic rings. The van der Waals surface area contributed by atoms with Crippen molar-refractivity contribution >= 4 is 17.5 Å². The SMILES string of the molecule is C/C(=C\C=C(/C)CN1CCOCC1)COc1cccc2c1CN([C@H]1CCCC(=O)CC1=O)C2=O. The Morgan fingerprint density at radius 1 is 1.12 bits per heavy atom. The minimum atomic E-state index is -0.527. The van der Waals surface area contributed by atoms with Crippen LogP contribution in [-0.2, 0) is 20.9 Å². The van der Waals surface area contributed by atoms with Crippen molar-refractivity contribution < 1.29 is 23.9 Å². The highest BCUT2D eigenvalue weighted by Crippen LogP contribution is 2.34. The van der Waals surface area contributed by atoms with Gasteiger partial charge in [-0.1, -0.05) is 23.8 Å². The Kier molecular flexibility index (Phi) is 7.95. The number of rotatable bonds is 7. The van der Waals surface area contributed by atoms with Gasteiger partial charge in [-0.25, -0.2) is 0 Å². The summed E-state index contributed by atoms with van der Waals surface area (Å²) in [6.07, 6.45) is 5.74. The fraction of sp³-hybridized carbons (Fsp3) is 0.519. The molecular formula is C27H34N2O5. The zero-order valence-electron chi connectivity index (χ0n) is 20.2. The molecule has 1 saturated heterocycles. The Morgan fingerprint density at radius 2 is 1.88 bits per heavy atom. The Labute approximate surface area is 201 Å². The minimum Gasteiger partial charge on any atom is -0.489 e. The maximum Gasteiger partial charge on any atom is 0.255 e. The summed E-state index contributed by atoms with van der Waals surface area (Å²) in [7, 11) is 0. The first-order valence-electron chi connectivity index (χ1n) is 12.2. The van der Waals surface area contributed by atoms with Crippen molar-refractivity contribution in [2.75, 3.05) is 39.5 Å². The highest BCUT2D eigenvalue weighted by atomic mass is 16.5. The number of hydrogen-bond donors (Lipinski definition) is 0. The van der Waals surface area contributed by atoms with Crippen LogP contribution in [0.4, 0.5) is 0 Å². The fourth-order valence-corrected chi connectivity index (χ4v) is 4.79. The van der Waals surface area contributed by atoms with E-state index in [1.165, 1.54) is 5.57 Å². The average Bonchev–Trinajstić information content (AvgIpc) is 3.06. The Balaban J connectivity index is 1.38. The van der Waals surface area contributed by atoms with Gasteiger partial charge in [-0.15, -0.1) is 0 Å². The third kappa shape index (κ3) is 5.83. The molecule has 0 bridgehead atoms. The lowest BCUT2D eigenvalue weighted by atomic mass is 10.1. The molecular weight excluding hydrogens is 432 g/mol. The quantitative estimate of drug-likeness (QED) is 0.349. The van der Waals surface area contributed by atoms with Gasteiger partial charge in [0.2, 0.25) is 0 Å². The van der Waals surface area contributed by atoms with Crippen LogP contribution in [0.5, 0.6) is 5.75 Å². The molecule has 1 aromatic carbocycles. The topological polar surface area (TPSA) is 76.2 Å². The first-order chi connectivity index (χ1) is 16.4. The van der Waals surface area contributed by atoms with E-state index >= 15 is 0 Å². The van der Waals surface area contributed by atoms with Crippen molar-refractivity contribution in [3.05, 3.63) is 52.6 Å². The summed E-state index contributed by atoms with van der Waals surface area (Å²) in [6, 6.07) is 4.96. The van der Waals surface area contributed by atoms with E-state index in [2.05, 4.69) is 24.0 Å². The number of benzene rings is 1. The van der Waals surface area contributed by atoms with Crippen molar-refractivity contribution in [2.24, 2.45) is 0 Å². The zero-order chi connectivity index (χ0) is 24.1. The molecule has 2 fully saturated rings. The van der Waals surface area contributed by atoms with Gasteiger partial charge >= 0.3 is 0 Å². The standard InChI is InChI=1S/C27H34N2O5/c1-19(16-28-11-13-33-14-12-28)9-10-20(2)18-34-26-8-4-6-22-23(26)17-29(27(22)32)24-7-3-5-21(30)15-25(24)31/h4,6,8-10,24H,3,5,7,11-18H2,1-2H3/b19-9+,20-10+/t24-/m0/s1. The number of nitrogens with zero attached hydrogens (tertiary/aromatic N) is 2. The van der Waals surface area contributed by atoms with Crippen molar-refractivity contribution in [1.82, 2.24) is 9.80 Å². The molecule has 7 nitrogen and oxygen atoms in total. The van der Waals surface area contributed by atoms with Crippen LogP contribution in [0.1, 0.15) is 55.5 Å². The van der Waals surface area contributed by atoms with E-state index in [-0.39, 0.29) is 23.9 Å². The summed E-state index contributed by atoms with van der Waals surface area (Å²) in [4.78, 5) is 41.5. The Morgan fingerprint density at radius 3 is 2.68 bits per heavy atom. The predicted molar refractivity (Wildman–Crippen MR) is 129 cm³/mol. The number of ether oxygens (including phenoxy) is 2. The third-order valence-electron chi connectivity index (χ3n) is 6.69.